The maximum Gasteiger partial charge on any atom is 0.332 e. The largest absolute Gasteiger partial charge is 0.396 e. The van der Waals surface area contributed by atoms with Crippen LogP contribution in [0, 0.1) is 0 Å². The lowest BCUT2D eigenvalue weighted by molar-refractivity contribution is 0.296. The molecule has 0 aliphatic heterocycles. The SMILES string of the molecule is Cn1c(SCCCO)nc2c1c(=O)n(Cc1ccc(Cl)cc1)c(=O)n2C. The van der Waals surface area contributed by atoms with Crippen molar-refractivity contribution in [1.82, 2.24) is 18.7 Å². The van der Waals surface area contributed by atoms with Gasteiger partial charge < -0.3 is 9.67 Å². The van der Waals surface area contributed by atoms with Crippen molar-refractivity contribution < 1.29 is 5.11 Å². The first kappa shape index (κ1) is 18.8. The minimum absolute atomic E-state index is 0.101. The van der Waals surface area contributed by atoms with Gasteiger partial charge in [0.05, 0.1) is 6.54 Å². The first-order valence-electron chi connectivity index (χ1n) is 8.08. The van der Waals surface area contributed by atoms with Crippen LogP contribution in [0.4, 0.5) is 0 Å². The van der Waals surface area contributed by atoms with Gasteiger partial charge in [0, 0.05) is 31.5 Å². The van der Waals surface area contributed by atoms with Crippen LogP contribution in [0.5, 0.6) is 0 Å². The molecule has 2 aromatic heterocycles. The van der Waals surface area contributed by atoms with Crippen LogP contribution >= 0.6 is 23.4 Å². The molecular formula is C17H19ClN4O3S. The molecule has 0 bridgehead atoms. The highest BCUT2D eigenvalue weighted by atomic mass is 35.5. The molecule has 0 aliphatic carbocycles. The summed E-state index contributed by atoms with van der Waals surface area (Å²) in [4.78, 5) is 30.1. The first-order valence-corrected chi connectivity index (χ1v) is 9.44. The number of aliphatic hydroxyl groups excluding tert-OH is 1. The molecule has 9 heteroatoms. The third-order valence-electron chi connectivity index (χ3n) is 4.11. The van der Waals surface area contributed by atoms with Crippen molar-refractivity contribution >= 4 is 34.5 Å². The topological polar surface area (TPSA) is 82.1 Å². The van der Waals surface area contributed by atoms with Gasteiger partial charge in [-0.3, -0.25) is 13.9 Å². The van der Waals surface area contributed by atoms with Gasteiger partial charge in [0.2, 0.25) is 0 Å². The summed E-state index contributed by atoms with van der Waals surface area (Å²) in [6.45, 7) is 0.264. The number of aromatic nitrogens is 4. The molecule has 0 saturated heterocycles. The highest BCUT2D eigenvalue weighted by Crippen LogP contribution is 2.20. The van der Waals surface area contributed by atoms with Crippen molar-refractivity contribution in [2.24, 2.45) is 14.1 Å². The van der Waals surface area contributed by atoms with Gasteiger partial charge in [-0.05, 0) is 24.1 Å². The van der Waals surface area contributed by atoms with Crippen LogP contribution in [0.3, 0.4) is 0 Å². The van der Waals surface area contributed by atoms with Crippen molar-refractivity contribution in [2.75, 3.05) is 12.4 Å². The Kier molecular flexibility index (Phi) is 5.55. The molecule has 0 saturated carbocycles. The minimum atomic E-state index is -0.414. The number of imidazole rings is 1. The second-order valence-corrected chi connectivity index (χ2v) is 7.41. The fourth-order valence-electron chi connectivity index (χ4n) is 2.69. The maximum absolute atomic E-state index is 13.0. The third kappa shape index (κ3) is 3.44. The van der Waals surface area contributed by atoms with Gasteiger partial charge in [-0.15, -0.1) is 0 Å². The summed E-state index contributed by atoms with van der Waals surface area (Å²) in [6.07, 6.45) is 0.633. The van der Waals surface area contributed by atoms with E-state index in [0.717, 1.165) is 5.56 Å². The van der Waals surface area contributed by atoms with E-state index in [-0.39, 0.29) is 18.7 Å². The van der Waals surface area contributed by atoms with Crippen LogP contribution < -0.4 is 11.2 Å². The van der Waals surface area contributed by atoms with E-state index in [1.807, 2.05) is 0 Å². The Bertz CT molecular complexity index is 1050. The zero-order valence-corrected chi connectivity index (χ0v) is 16.0. The lowest BCUT2D eigenvalue weighted by Gasteiger charge is -2.09. The monoisotopic (exact) mass is 394 g/mol. The molecule has 3 rings (SSSR count). The highest BCUT2D eigenvalue weighted by molar-refractivity contribution is 7.99. The molecule has 2 heterocycles. The lowest BCUT2D eigenvalue weighted by atomic mass is 10.2. The van der Waals surface area contributed by atoms with E-state index in [1.165, 1.54) is 20.9 Å². The first-order chi connectivity index (χ1) is 12.4. The van der Waals surface area contributed by atoms with Crippen LogP contribution in [0.1, 0.15) is 12.0 Å². The van der Waals surface area contributed by atoms with Crippen LogP contribution in [0.15, 0.2) is 39.0 Å². The van der Waals surface area contributed by atoms with Crippen molar-refractivity contribution in [3.8, 4) is 0 Å². The van der Waals surface area contributed by atoms with E-state index in [9.17, 15) is 9.59 Å². The zero-order chi connectivity index (χ0) is 18.8. The Morgan fingerprint density at radius 3 is 2.50 bits per heavy atom. The highest BCUT2D eigenvalue weighted by Gasteiger charge is 2.18. The van der Waals surface area contributed by atoms with Gasteiger partial charge in [-0.25, -0.2) is 9.78 Å². The normalized spacial score (nSPS) is 11.4. The summed E-state index contributed by atoms with van der Waals surface area (Å²) in [6, 6.07) is 7.03. The molecule has 7 nitrogen and oxygen atoms in total. The van der Waals surface area contributed by atoms with Crippen molar-refractivity contribution in [2.45, 2.75) is 18.1 Å². The van der Waals surface area contributed by atoms with E-state index < -0.39 is 5.69 Å². The number of nitrogens with zero attached hydrogens (tertiary/aromatic N) is 4. The van der Waals surface area contributed by atoms with Gasteiger partial charge in [0.25, 0.3) is 5.56 Å². The number of rotatable bonds is 6. The number of fused-ring (bicyclic) bond motifs is 1. The Labute approximate surface area is 158 Å². The molecule has 26 heavy (non-hydrogen) atoms. The van der Waals surface area contributed by atoms with E-state index in [0.29, 0.717) is 33.5 Å². The van der Waals surface area contributed by atoms with E-state index in [1.54, 1.807) is 42.9 Å². The quantitative estimate of drug-likeness (QED) is 0.507. The summed E-state index contributed by atoms with van der Waals surface area (Å²) in [7, 11) is 3.37. The summed E-state index contributed by atoms with van der Waals surface area (Å²) < 4.78 is 4.30. The van der Waals surface area contributed by atoms with E-state index in [4.69, 9.17) is 16.7 Å². The number of benzene rings is 1. The molecule has 0 unspecified atom stereocenters. The van der Waals surface area contributed by atoms with Gasteiger partial charge in [0.1, 0.15) is 0 Å². The number of aliphatic hydroxyl groups is 1. The Morgan fingerprint density at radius 2 is 1.85 bits per heavy atom. The minimum Gasteiger partial charge on any atom is -0.396 e. The van der Waals surface area contributed by atoms with Crippen LogP contribution in [0.2, 0.25) is 5.02 Å². The Balaban J connectivity index is 2.10. The number of halogens is 1. The number of aryl methyl sites for hydroxylation is 2. The molecule has 1 aromatic carbocycles. The van der Waals surface area contributed by atoms with E-state index in [2.05, 4.69) is 4.98 Å². The third-order valence-corrected chi connectivity index (χ3v) is 5.47. The predicted molar refractivity (Wildman–Crippen MR) is 103 cm³/mol. The smallest absolute Gasteiger partial charge is 0.332 e. The fourth-order valence-corrected chi connectivity index (χ4v) is 3.71. The fraction of sp³-hybridized carbons (Fsp3) is 0.353. The molecule has 0 amide bonds. The lowest BCUT2D eigenvalue weighted by Crippen LogP contribution is -2.39. The summed E-state index contributed by atoms with van der Waals surface area (Å²) in [5, 5.41) is 10.2. The van der Waals surface area contributed by atoms with Gasteiger partial charge in [-0.2, -0.15) is 0 Å². The number of hydrogen-bond donors (Lipinski definition) is 1. The molecule has 0 atom stereocenters. The second-order valence-electron chi connectivity index (χ2n) is 5.91. The van der Waals surface area contributed by atoms with Crippen LogP contribution in [-0.4, -0.2) is 36.2 Å². The molecule has 0 radical (unpaired) electrons. The van der Waals surface area contributed by atoms with Crippen molar-refractivity contribution in [3.63, 3.8) is 0 Å². The number of hydrogen-bond acceptors (Lipinski definition) is 5. The molecule has 1 N–H and O–H groups in total. The molecule has 138 valence electrons. The summed E-state index contributed by atoms with van der Waals surface area (Å²) >= 11 is 7.34. The second kappa shape index (κ2) is 7.69. The van der Waals surface area contributed by atoms with Crippen molar-refractivity contribution in [1.29, 1.82) is 0 Å². The predicted octanol–water partition coefficient (Wildman–Crippen LogP) is 1.61. The van der Waals surface area contributed by atoms with E-state index >= 15 is 0 Å². The van der Waals surface area contributed by atoms with Gasteiger partial charge in [-0.1, -0.05) is 35.5 Å². The number of thioether (sulfide) groups is 1. The van der Waals surface area contributed by atoms with Crippen LogP contribution in [-0.2, 0) is 20.6 Å². The van der Waals surface area contributed by atoms with Gasteiger partial charge >= 0.3 is 5.69 Å². The molecule has 3 aromatic rings. The zero-order valence-electron chi connectivity index (χ0n) is 14.5. The Morgan fingerprint density at radius 1 is 1.15 bits per heavy atom. The van der Waals surface area contributed by atoms with Crippen molar-refractivity contribution in [3.05, 3.63) is 55.7 Å². The summed E-state index contributed by atoms with van der Waals surface area (Å²) in [5.74, 6) is 0.681. The average Bonchev–Trinajstić information content (AvgIpc) is 2.96. The molecule has 0 spiro atoms. The van der Waals surface area contributed by atoms with Crippen LogP contribution in [0.25, 0.3) is 11.2 Å². The molecular weight excluding hydrogens is 376 g/mol. The van der Waals surface area contributed by atoms with Gasteiger partial charge in [0.15, 0.2) is 16.3 Å². The molecule has 0 fully saturated rings. The maximum atomic E-state index is 13.0. The summed E-state index contributed by atoms with van der Waals surface area (Å²) in [5.41, 5.74) is 0.770. The standard InChI is InChI=1S/C17H19ClN4O3S/c1-20-13-14(19-16(20)26-9-3-8-23)21(2)17(25)22(15(13)24)10-11-4-6-12(18)7-5-11/h4-7,23H,3,8-10H2,1-2H3. The molecule has 0 aliphatic rings. The average molecular weight is 395 g/mol. The Hall–Kier alpha value is -2.03.